The van der Waals surface area contributed by atoms with Crippen LogP contribution in [0.15, 0.2) is 24.4 Å². The van der Waals surface area contributed by atoms with Crippen molar-refractivity contribution in [3.8, 4) is 5.75 Å². The lowest BCUT2D eigenvalue weighted by atomic mass is 10.1. The van der Waals surface area contributed by atoms with Crippen LogP contribution in [0.5, 0.6) is 5.75 Å². The van der Waals surface area contributed by atoms with Gasteiger partial charge in [-0.25, -0.2) is 4.98 Å². The molecule has 2 fully saturated rings. The molecule has 13 heteroatoms. The van der Waals surface area contributed by atoms with E-state index in [1.165, 1.54) is 0 Å². The zero-order valence-corrected chi connectivity index (χ0v) is 21.8. The summed E-state index contributed by atoms with van der Waals surface area (Å²) in [5.41, 5.74) is -0.562. The highest BCUT2D eigenvalue weighted by atomic mass is 35.5. The van der Waals surface area contributed by atoms with Crippen LogP contribution in [0.3, 0.4) is 0 Å². The fourth-order valence-electron chi connectivity index (χ4n) is 4.29. The van der Waals surface area contributed by atoms with Crippen LogP contribution >= 0.6 is 11.6 Å². The Morgan fingerprint density at radius 1 is 1.13 bits per heavy atom. The number of carbonyl (C=O) groups is 1. The highest BCUT2D eigenvalue weighted by Gasteiger charge is 2.35. The Bertz CT molecular complexity index is 1080. The van der Waals surface area contributed by atoms with Crippen molar-refractivity contribution in [3.63, 3.8) is 0 Å². The molecule has 0 saturated carbocycles. The standard InChI is InChI=1S/C25H32ClF3N6O3/c26-20-6-5-18(38-15-12-34-10-13-37-14-11-34)16-21(20)32-24-31-17-19(25(27,28)29)23(33-24)30-7-3-9-35-8-2-1-4-22(35)36/h5-6,16-17H,1-4,7-15H2,(H2,30,31,32,33). The van der Waals surface area contributed by atoms with Gasteiger partial charge >= 0.3 is 6.18 Å². The van der Waals surface area contributed by atoms with Crippen LogP contribution in [0.2, 0.25) is 5.02 Å². The third kappa shape index (κ3) is 8.08. The Labute approximate surface area is 224 Å². The van der Waals surface area contributed by atoms with Crippen LogP contribution in [0, 0.1) is 0 Å². The Morgan fingerprint density at radius 3 is 2.71 bits per heavy atom. The minimum absolute atomic E-state index is 0.0425. The third-order valence-corrected chi connectivity index (χ3v) is 6.71. The van der Waals surface area contributed by atoms with Gasteiger partial charge in [-0.15, -0.1) is 0 Å². The molecular formula is C25H32ClF3N6O3. The molecule has 0 radical (unpaired) electrons. The van der Waals surface area contributed by atoms with Gasteiger partial charge in [0.25, 0.3) is 0 Å². The molecule has 1 amide bonds. The van der Waals surface area contributed by atoms with Crippen molar-refractivity contribution >= 4 is 35.0 Å². The Balaban J connectivity index is 1.37. The average Bonchev–Trinajstić information content (AvgIpc) is 2.89. The van der Waals surface area contributed by atoms with E-state index in [1.807, 2.05) is 0 Å². The van der Waals surface area contributed by atoms with E-state index in [2.05, 4.69) is 25.5 Å². The molecule has 0 bridgehead atoms. The summed E-state index contributed by atoms with van der Waals surface area (Å²) in [6, 6.07) is 5.02. The predicted molar refractivity (Wildman–Crippen MR) is 138 cm³/mol. The number of amides is 1. The SMILES string of the molecule is O=C1CCCCN1CCCNc1nc(Nc2cc(OCCN3CCOCC3)ccc2Cl)ncc1C(F)(F)F. The first kappa shape index (κ1) is 28.2. The number of ether oxygens (including phenoxy) is 2. The van der Waals surface area contributed by atoms with Gasteiger partial charge in [-0.2, -0.15) is 18.2 Å². The number of anilines is 3. The second-order valence-electron chi connectivity index (χ2n) is 9.14. The van der Waals surface area contributed by atoms with Gasteiger partial charge in [0.05, 0.1) is 23.9 Å². The summed E-state index contributed by atoms with van der Waals surface area (Å²) in [4.78, 5) is 23.9. The fourth-order valence-corrected chi connectivity index (χ4v) is 4.45. The minimum atomic E-state index is -4.63. The van der Waals surface area contributed by atoms with E-state index in [9.17, 15) is 18.0 Å². The number of benzene rings is 1. The summed E-state index contributed by atoms with van der Waals surface area (Å²) in [5, 5.41) is 6.01. The lowest BCUT2D eigenvalue weighted by molar-refractivity contribution is -0.137. The van der Waals surface area contributed by atoms with Crippen molar-refractivity contribution in [1.29, 1.82) is 0 Å². The molecule has 3 heterocycles. The highest BCUT2D eigenvalue weighted by molar-refractivity contribution is 6.33. The monoisotopic (exact) mass is 556 g/mol. The number of morpholine rings is 1. The van der Waals surface area contributed by atoms with Crippen LogP contribution in [-0.4, -0.2) is 84.8 Å². The first-order valence-corrected chi connectivity index (χ1v) is 13.1. The molecule has 2 aromatic rings. The zero-order valence-electron chi connectivity index (χ0n) is 21.0. The number of likely N-dealkylation sites (tertiary alicyclic amines) is 1. The van der Waals surface area contributed by atoms with E-state index in [1.54, 1.807) is 23.1 Å². The van der Waals surface area contributed by atoms with Crippen LogP contribution in [0.4, 0.5) is 30.6 Å². The molecule has 0 spiro atoms. The third-order valence-electron chi connectivity index (χ3n) is 6.38. The van der Waals surface area contributed by atoms with E-state index in [0.29, 0.717) is 62.2 Å². The summed E-state index contributed by atoms with van der Waals surface area (Å²) in [6.45, 7) is 5.73. The van der Waals surface area contributed by atoms with E-state index >= 15 is 0 Å². The van der Waals surface area contributed by atoms with E-state index in [0.717, 1.165) is 38.7 Å². The number of piperidine rings is 1. The van der Waals surface area contributed by atoms with Crippen molar-refractivity contribution in [2.45, 2.75) is 31.9 Å². The number of nitrogens with zero attached hydrogens (tertiary/aromatic N) is 4. The maximum absolute atomic E-state index is 13.6. The molecule has 9 nitrogen and oxygen atoms in total. The number of rotatable bonds is 11. The molecule has 38 heavy (non-hydrogen) atoms. The molecule has 1 aromatic heterocycles. The number of nitrogens with one attached hydrogen (secondary N) is 2. The fraction of sp³-hybridized carbons (Fsp3) is 0.560. The Kier molecular flexibility index (Phi) is 9.86. The molecule has 2 N–H and O–H groups in total. The zero-order chi connectivity index (χ0) is 27.0. The molecule has 1 aromatic carbocycles. The van der Waals surface area contributed by atoms with Crippen molar-refractivity contribution in [2.24, 2.45) is 0 Å². The predicted octanol–water partition coefficient (Wildman–Crippen LogP) is 4.42. The largest absolute Gasteiger partial charge is 0.492 e. The number of alkyl halides is 3. The molecule has 2 saturated heterocycles. The van der Waals surface area contributed by atoms with Crippen molar-refractivity contribution in [2.75, 3.05) is 69.7 Å². The highest BCUT2D eigenvalue weighted by Crippen LogP contribution is 2.35. The smallest absolute Gasteiger partial charge is 0.421 e. The first-order chi connectivity index (χ1) is 18.3. The Morgan fingerprint density at radius 2 is 1.95 bits per heavy atom. The van der Waals surface area contributed by atoms with Crippen LogP contribution in [-0.2, 0) is 15.7 Å². The molecule has 0 atom stereocenters. The minimum Gasteiger partial charge on any atom is -0.492 e. The molecule has 4 rings (SSSR count). The maximum Gasteiger partial charge on any atom is 0.421 e. The summed E-state index contributed by atoms with van der Waals surface area (Å²) >= 11 is 6.31. The molecule has 0 unspecified atom stereocenters. The quantitative estimate of drug-likeness (QED) is 0.393. The topological polar surface area (TPSA) is 91.9 Å². The van der Waals surface area contributed by atoms with Gasteiger partial charge in [0.15, 0.2) is 0 Å². The van der Waals surface area contributed by atoms with E-state index in [-0.39, 0.29) is 24.2 Å². The van der Waals surface area contributed by atoms with Crippen molar-refractivity contribution in [3.05, 3.63) is 35.0 Å². The molecule has 208 valence electrons. The van der Waals surface area contributed by atoms with Crippen LogP contribution < -0.4 is 15.4 Å². The lowest BCUT2D eigenvalue weighted by Gasteiger charge is -2.26. The molecule has 0 aliphatic carbocycles. The number of hydrogen-bond donors (Lipinski definition) is 2. The molecule has 2 aliphatic heterocycles. The van der Waals surface area contributed by atoms with Gasteiger partial charge in [0.1, 0.15) is 23.7 Å². The lowest BCUT2D eigenvalue weighted by Crippen LogP contribution is -2.38. The normalized spacial score (nSPS) is 16.9. The number of aromatic nitrogens is 2. The summed E-state index contributed by atoms with van der Waals surface area (Å²) in [6.07, 6.45) is -1.05. The first-order valence-electron chi connectivity index (χ1n) is 12.7. The second-order valence-corrected chi connectivity index (χ2v) is 9.55. The van der Waals surface area contributed by atoms with Gasteiger partial charge in [-0.3, -0.25) is 9.69 Å². The number of halogens is 4. The Hall–Kier alpha value is -2.83. The van der Waals surface area contributed by atoms with E-state index < -0.39 is 11.7 Å². The van der Waals surface area contributed by atoms with Gasteiger partial charge < -0.3 is 25.0 Å². The van der Waals surface area contributed by atoms with Gasteiger partial charge in [0, 0.05) is 58.0 Å². The molecule has 2 aliphatic rings. The molecular weight excluding hydrogens is 525 g/mol. The summed E-state index contributed by atoms with van der Waals surface area (Å²) < 4.78 is 51.9. The maximum atomic E-state index is 13.6. The number of hydrogen-bond acceptors (Lipinski definition) is 8. The summed E-state index contributed by atoms with van der Waals surface area (Å²) in [5.74, 6) is 0.265. The van der Waals surface area contributed by atoms with Crippen LogP contribution in [0.25, 0.3) is 0 Å². The second kappa shape index (κ2) is 13.3. The van der Waals surface area contributed by atoms with Crippen molar-refractivity contribution < 1.29 is 27.4 Å². The van der Waals surface area contributed by atoms with Gasteiger partial charge in [-0.05, 0) is 31.4 Å². The summed E-state index contributed by atoms with van der Waals surface area (Å²) in [7, 11) is 0. The average molecular weight is 557 g/mol. The van der Waals surface area contributed by atoms with Gasteiger partial charge in [-0.1, -0.05) is 11.6 Å². The van der Waals surface area contributed by atoms with E-state index in [4.69, 9.17) is 21.1 Å². The van der Waals surface area contributed by atoms with Crippen LogP contribution in [0.1, 0.15) is 31.2 Å². The number of carbonyl (C=O) groups excluding carboxylic acids is 1. The van der Waals surface area contributed by atoms with Crippen molar-refractivity contribution in [1.82, 2.24) is 19.8 Å². The van der Waals surface area contributed by atoms with Gasteiger partial charge in [0.2, 0.25) is 11.9 Å².